The quantitative estimate of drug-likeness (QED) is 0.436. The molecule has 0 aliphatic heterocycles. The minimum atomic E-state index is -4.27. The molecule has 6 heteroatoms. The van der Waals surface area contributed by atoms with E-state index >= 15 is 0 Å². The van der Waals surface area contributed by atoms with Gasteiger partial charge >= 0.3 is 12.4 Å². The summed E-state index contributed by atoms with van der Waals surface area (Å²) in [6.45, 7) is 5.41. The van der Waals surface area contributed by atoms with Gasteiger partial charge in [-0.25, -0.2) is 0 Å². The molecule has 0 heterocycles. The van der Waals surface area contributed by atoms with Gasteiger partial charge < -0.3 is 0 Å². The Morgan fingerprint density at radius 3 is 1.85 bits per heavy atom. The van der Waals surface area contributed by atoms with Crippen molar-refractivity contribution in [2.75, 3.05) is 0 Å². The van der Waals surface area contributed by atoms with E-state index in [0.717, 1.165) is 12.8 Å². The lowest BCUT2D eigenvalue weighted by molar-refractivity contribution is -0.222. The first kappa shape index (κ1) is 21.9. The molecule has 2 fully saturated rings. The monoisotopic (exact) mass is 386 g/mol. The van der Waals surface area contributed by atoms with E-state index < -0.39 is 41.9 Å². The highest BCUT2D eigenvalue weighted by Gasteiger charge is 2.52. The second-order valence-corrected chi connectivity index (χ2v) is 8.98. The van der Waals surface area contributed by atoms with Gasteiger partial charge in [0.15, 0.2) is 0 Å². The van der Waals surface area contributed by atoms with Crippen molar-refractivity contribution in [3.05, 3.63) is 0 Å². The van der Waals surface area contributed by atoms with E-state index in [9.17, 15) is 26.3 Å². The van der Waals surface area contributed by atoms with E-state index in [1.165, 1.54) is 0 Å². The highest BCUT2D eigenvalue weighted by Crippen LogP contribution is 2.52. The minimum Gasteiger partial charge on any atom is -0.171 e. The Morgan fingerprint density at radius 1 is 0.731 bits per heavy atom. The SMILES string of the molecule is CC(C)C1CCCC(CC(C)C2CCCC[C@@H]2C(F)(F)F)[C@H]1C(F)(F)F. The van der Waals surface area contributed by atoms with Crippen molar-refractivity contribution in [1.82, 2.24) is 0 Å². The van der Waals surface area contributed by atoms with E-state index in [4.69, 9.17) is 0 Å². The molecule has 0 spiro atoms. The van der Waals surface area contributed by atoms with Crippen molar-refractivity contribution in [3.63, 3.8) is 0 Å². The van der Waals surface area contributed by atoms with Crippen molar-refractivity contribution in [2.45, 2.75) is 84.5 Å². The Morgan fingerprint density at radius 2 is 1.31 bits per heavy atom. The van der Waals surface area contributed by atoms with Crippen molar-refractivity contribution < 1.29 is 26.3 Å². The maximum Gasteiger partial charge on any atom is 0.392 e. The molecule has 4 unspecified atom stereocenters. The fourth-order valence-electron chi connectivity index (χ4n) is 5.75. The van der Waals surface area contributed by atoms with Crippen LogP contribution in [0.1, 0.15) is 72.1 Å². The van der Waals surface area contributed by atoms with E-state index in [0.29, 0.717) is 25.7 Å². The molecule has 2 rings (SSSR count). The minimum absolute atomic E-state index is 0.0580. The molecular formula is C20H32F6. The lowest BCUT2D eigenvalue weighted by atomic mass is 9.63. The topological polar surface area (TPSA) is 0 Å². The Kier molecular flexibility index (Phi) is 6.98. The molecule has 0 aromatic rings. The standard InChI is InChI=1S/C20H32F6/c1-12(2)15-9-6-7-14(18(15)20(24,25)26)11-13(3)16-8-4-5-10-17(16)19(21,22)23/h12-18H,4-11H2,1-3H3/t13?,14?,15?,16?,17-,18+/m0/s1. The average molecular weight is 386 g/mol. The molecule has 0 aromatic carbocycles. The zero-order valence-corrected chi connectivity index (χ0v) is 16.0. The Labute approximate surface area is 153 Å². The van der Waals surface area contributed by atoms with Gasteiger partial charge in [-0.15, -0.1) is 0 Å². The molecule has 0 radical (unpaired) electrons. The molecule has 2 aliphatic rings. The van der Waals surface area contributed by atoms with E-state index in [-0.39, 0.29) is 24.7 Å². The van der Waals surface area contributed by atoms with Crippen LogP contribution in [0.25, 0.3) is 0 Å². The van der Waals surface area contributed by atoms with Gasteiger partial charge in [-0.2, -0.15) is 26.3 Å². The van der Waals surface area contributed by atoms with Gasteiger partial charge in [0.2, 0.25) is 0 Å². The van der Waals surface area contributed by atoms with Crippen LogP contribution in [0.15, 0.2) is 0 Å². The molecule has 2 saturated carbocycles. The molecule has 0 nitrogen and oxygen atoms in total. The van der Waals surface area contributed by atoms with Gasteiger partial charge in [-0.3, -0.25) is 0 Å². The molecule has 26 heavy (non-hydrogen) atoms. The number of hydrogen-bond acceptors (Lipinski definition) is 0. The third-order valence-electron chi connectivity index (χ3n) is 6.96. The Hall–Kier alpha value is -0.420. The van der Waals surface area contributed by atoms with Crippen molar-refractivity contribution in [1.29, 1.82) is 0 Å². The summed E-state index contributed by atoms with van der Waals surface area (Å²) < 4.78 is 81.5. The van der Waals surface area contributed by atoms with E-state index in [1.54, 1.807) is 6.92 Å². The molecule has 0 amide bonds. The maximum absolute atomic E-state index is 13.8. The fourth-order valence-corrected chi connectivity index (χ4v) is 5.75. The number of alkyl halides is 6. The number of hydrogen-bond donors (Lipinski definition) is 0. The summed E-state index contributed by atoms with van der Waals surface area (Å²) in [5, 5.41) is 0. The largest absolute Gasteiger partial charge is 0.392 e. The molecule has 154 valence electrons. The summed E-state index contributed by atoms with van der Waals surface area (Å²) in [5.74, 6) is -4.57. The van der Waals surface area contributed by atoms with E-state index in [2.05, 4.69) is 0 Å². The van der Waals surface area contributed by atoms with Crippen LogP contribution >= 0.6 is 0 Å². The Bertz CT molecular complexity index is 439. The second-order valence-electron chi connectivity index (χ2n) is 8.98. The average Bonchev–Trinajstić information content (AvgIpc) is 2.52. The van der Waals surface area contributed by atoms with Gasteiger partial charge in [0.05, 0.1) is 11.8 Å². The Balaban J connectivity index is 2.15. The van der Waals surface area contributed by atoms with Gasteiger partial charge in [0.1, 0.15) is 0 Å². The highest BCUT2D eigenvalue weighted by atomic mass is 19.4. The predicted molar refractivity (Wildman–Crippen MR) is 90.5 cm³/mol. The summed E-state index contributed by atoms with van der Waals surface area (Å²) in [6, 6.07) is 0. The van der Waals surface area contributed by atoms with Crippen LogP contribution in [0.2, 0.25) is 0 Å². The highest BCUT2D eigenvalue weighted by molar-refractivity contribution is 4.91. The van der Waals surface area contributed by atoms with Gasteiger partial charge in [0.25, 0.3) is 0 Å². The summed E-state index contributed by atoms with van der Waals surface area (Å²) in [4.78, 5) is 0. The summed E-state index contributed by atoms with van der Waals surface area (Å²) >= 11 is 0. The van der Waals surface area contributed by atoms with Crippen molar-refractivity contribution in [3.8, 4) is 0 Å². The van der Waals surface area contributed by atoms with Crippen LogP contribution in [0.4, 0.5) is 26.3 Å². The zero-order valence-electron chi connectivity index (χ0n) is 16.0. The van der Waals surface area contributed by atoms with Crippen LogP contribution < -0.4 is 0 Å². The summed E-state index contributed by atoms with van der Waals surface area (Å²) in [6.07, 6.45) is -4.50. The van der Waals surface area contributed by atoms with Crippen LogP contribution in [0.3, 0.4) is 0 Å². The van der Waals surface area contributed by atoms with Crippen LogP contribution in [0.5, 0.6) is 0 Å². The summed E-state index contributed by atoms with van der Waals surface area (Å²) in [5.41, 5.74) is 0. The van der Waals surface area contributed by atoms with Crippen molar-refractivity contribution in [2.24, 2.45) is 41.4 Å². The first-order valence-corrected chi connectivity index (χ1v) is 10.1. The third kappa shape index (κ3) is 5.09. The molecule has 0 bridgehead atoms. The molecule has 0 saturated heterocycles. The van der Waals surface area contributed by atoms with Crippen molar-refractivity contribution >= 4 is 0 Å². The first-order chi connectivity index (χ1) is 11.9. The maximum atomic E-state index is 13.8. The van der Waals surface area contributed by atoms with Crippen LogP contribution in [-0.4, -0.2) is 12.4 Å². The zero-order chi connectivity index (χ0) is 19.7. The van der Waals surface area contributed by atoms with Gasteiger partial charge in [-0.05, 0) is 61.7 Å². The molecule has 0 N–H and O–H groups in total. The van der Waals surface area contributed by atoms with E-state index in [1.807, 2.05) is 13.8 Å². The smallest absolute Gasteiger partial charge is 0.171 e. The molecular weight excluding hydrogens is 354 g/mol. The fraction of sp³-hybridized carbons (Fsp3) is 1.00. The number of rotatable bonds is 4. The summed E-state index contributed by atoms with van der Waals surface area (Å²) in [7, 11) is 0. The first-order valence-electron chi connectivity index (χ1n) is 10.1. The predicted octanol–water partition coefficient (Wildman–Crippen LogP) is 7.63. The third-order valence-corrected chi connectivity index (χ3v) is 6.96. The molecule has 0 aromatic heterocycles. The van der Waals surface area contributed by atoms with Crippen LogP contribution in [0, 0.1) is 41.4 Å². The normalized spacial score (nSPS) is 35.5. The lowest BCUT2D eigenvalue weighted by Crippen LogP contribution is -2.43. The van der Waals surface area contributed by atoms with Crippen LogP contribution in [-0.2, 0) is 0 Å². The molecule has 2 aliphatic carbocycles. The number of halogens is 6. The lowest BCUT2D eigenvalue weighted by Gasteiger charge is -2.44. The van der Waals surface area contributed by atoms with Gasteiger partial charge in [-0.1, -0.05) is 40.0 Å². The van der Waals surface area contributed by atoms with Gasteiger partial charge in [0, 0.05) is 0 Å². The second kappa shape index (κ2) is 8.30. The molecule has 6 atom stereocenters.